The van der Waals surface area contributed by atoms with Crippen molar-refractivity contribution in [1.82, 2.24) is 4.57 Å². The highest BCUT2D eigenvalue weighted by Gasteiger charge is 2.35. The van der Waals surface area contributed by atoms with Gasteiger partial charge in [-0.05, 0) is 41.1 Å². The summed E-state index contributed by atoms with van der Waals surface area (Å²) in [6.07, 6.45) is 0.345. The summed E-state index contributed by atoms with van der Waals surface area (Å²) in [5.41, 5.74) is 2.58. The van der Waals surface area contributed by atoms with Crippen LogP contribution < -0.4 is 10.6 Å². The van der Waals surface area contributed by atoms with Gasteiger partial charge in [0.15, 0.2) is 0 Å². The summed E-state index contributed by atoms with van der Waals surface area (Å²) in [7, 11) is 1.70. The van der Waals surface area contributed by atoms with Crippen molar-refractivity contribution in [2.24, 2.45) is 12.1 Å². The van der Waals surface area contributed by atoms with Gasteiger partial charge in [0.05, 0.1) is 23.0 Å². The van der Waals surface area contributed by atoms with Crippen molar-refractivity contribution < 1.29 is 10.2 Å². The number of anilines is 1. The van der Waals surface area contributed by atoms with Crippen LogP contribution in [0.3, 0.4) is 0 Å². The molecule has 0 aliphatic carbocycles. The first-order chi connectivity index (χ1) is 17.0. The van der Waals surface area contributed by atoms with E-state index in [1.807, 2.05) is 83.9 Å². The third-order valence-electron chi connectivity index (χ3n) is 6.78. The van der Waals surface area contributed by atoms with Gasteiger partial charge in [-0.3, -0.25) is 9.80 Å². The first-order valence-corrected chi connectivity index (χ1v) is 11.5. The number of para-hydroxylation sites is 2. The zero-order valence-corrected chi connectivity index (χ0v) is 19.1. The van der Waals surface area contributed by atoms with Crippen LogP contribution in [0.2, 0.25) is 0 Å². The van der Waals surface area contributed by atoms with Crippen molar-refractivity contribution in [2.45, 2.75) is 12.5 Å². The van der Waals surface area contributed by atoms with Crippen LogP contribution >= 0.6 is 0 Å². The predicted molar refractivity (Wildman–Crippen MR) is 139 cm³/mol. The Morgan fingerprint density at radius 3 is 2.31 bits per heavy atom. The van der Waals surface area contributed by atoms with Gasteiger partial charge in [0.2, 0.25) is 0 Å². The number of fused-ring (bicyclic) bond motifs is 2. The molecular formula is C29H23N3O3. The predicted octanol–water partition coefficient (Wildman–Crippen LogP) is 5.46. The van der Waals surface area contributed by atoms with E-state index >= 15 is 0 Å². The largest absolute Gasteiger partial charge is 0.508 e. The molecule has 1 aliphatic heterocycles. The highest BCUT2D eigenvalue weighted by Crippen LogP contribution is 2.44. The molecule has 0 saturated carbocycles. The molecule has 35 heavy (non-hydrogen) atoms. The Hall–Kier alpha value is -4.58. The molecule has 4 aromatic carbocycles. The first kappa shape index (κ1) is 21.0. The number of pyridine rings is 1. The fourth-order valence-corrected chi connectivity index (χ4v) is 5.08. The monoisotopic (exact) mass is 461 g/mol. The Bertz CT molecular complexity index is 1690. The molecular weight excluding hydrogens is 438 g/mol. The van der Waals surface area contributed by atoms with E-state index in [9.17, 15) is 15.0 Å². The van der Waals surface area contributed by atoms with Crippen molar-refractivity contribution in [3.63, 3.8) is 0 Å². The Labute approximate surface area is 201 Å². The maximum absolute atomic E-state index is 13.4. The summed E-state index contributed by atoms with van der Waals surface area (Å²) in [5.74, 6) is 0.0972. The van der Waals surface area contributed by atoms with Gasteiger partial charge >= 0.3 is 0 Å². The molecule has 0 amide bonds. The van der Waals surface area contributed by atoms with E-state index in [1.54, 1.807) is 23.7 Å². The molecule has 1 aromatic heterocycles. The number of hydrazone groups is 1. The number of phenolic OH excluding ortho intramolecular Hbond substituents is 1. The Balaban J connectivity index is 1.59. The summed E-state index contributed by atoms with van der Waals surface area (Å²) >= 11 is 0. The quantitative estimate of drug-likeness (QED) is 0.374. The number of hydrogen-bond acceptors (Lipinski definition) is 5. The molecule has 0 bridgehead atoms. The van der Waals surface area contributed by atoms with E-state index in [0.717, 1.165) is 22.0 Å². The summed E-state index contributed by atoms with van der Waals surface area (Å²) in [5, 5.41) is 31.4. The normalized spacial score (nSPS) is 15.6. The summed E-state index contributed by atoms with van der Waals surface area (Å²) in [6, 6.07) is 28.1. The van der Waals surface area contributed by atoms with Crippen LogP contribution in [0.15, 0.2) is 101 Å². The smallest absolute Gasteiger partial charge is 0.263 e. The van der Waals surface area contributed by atoms with E-state index in [0.29, 0.717) is 23.0 Å². The van der Waals surface area contributed by atoms with Crippen LogP contribution in [0.5, 0.6) is 11.5 Å². The molecule has 1 aliphatic rings. The van der Waals surface area contributed by atoms with E-state index in [1.165, 1.54) is 0 Å². The molecule has 2 N–H and O–H groups in total. The molecule has 0 saturated heterocycles. The van der Waals surface area contributed by atoms with E-state index < -0.39 is 0 Å². The molecule has 1 unspecified atom stereocenters. The minimum atomic E-state index is -0.367. The van der Waals surface area contributed by atoms with Gasteiger partial charge in [-0.2, -0.15) is 5.10 Å². The standard InChI is InChI=1S/C29H23N3O3/c1-31-23-14-8-7-13-21(23)28(34)27(29(31)35)22-17-24(32(30-22)19-10-3-2-4-11-19)26-20-12-6-5-9-18(20)15-16-25(26)33/h2-16,24,33-34H,17H2,1H3. The summed E-state index contributed by atoms with van der Waals surface area (Å²) in [4.78, 5) is 13.4. The summed E-state index contributed by atoms with van der Waals surface area (Å²) < 4.78 is 1.54. The van der Waals surface area contributed by atoms with Crippen molar-refractivity contribution >= 4 is 33.1 Å². The Morgan fingerprint density at radius 1 is 0.829 bits per heavy atom. The number of phenols is 1. The van der Waals surface area contributed by atoms with Crippen molar-refractivity contribution in [2.75, 3.05) is 5.01 Å². The maximum atomic E-state index is 13.4. The van der Waals surface area contributed by atoms with Gasteiger partial charge in [-0.25, -0.2) is 0 Å². The average molecular weight is 462 g/mol. The van der Waals surface area contributed by atoms with Gasteiger partial charge in [0.25, 0.3) is 5.56 Å². The zero-order valence-electron chi connectivity index (χ0n) is 19.1. The number of hydrogen-bond donors (Lipinski definition) is 2. The zero-order chi connectivity index (χ0) is 24.1. The van der Waals surface area contributed by atoms with Gasteiger partial charge in [0, 0.05) is 24.4 Å². The van der Waals surface area contributed by atoms with Crippen LogP contribution in [-0.4, -0.2) is 20.5 Å². The molecule has 6 heteroatoms. The Kier molecular flexibility index (Phi) is 4.81. The second kappa shape index (κ2) is 8.02. The lowest BCUT2D eigenvalue weighted by Gasteiger charge is -2.25. The van der Waals surface area contributed by atoms with E-state index in [4.69, 9.17) is 5.10 Å². The van der Waals surface area contributed by atoms with Crippen molar-refractivity contribution in [3.05, 3.63) is 112 Å². The van der Waals surface area contributed by atoms with Crippen molar-refractivity contribution in [1.29, 1.82) is 0 Å². The highest BCUT2D eigenvalue weighted by atomic mass is 16.3. The number of aryl methyl sites for hydroxylation is 1. The second-order valence-corrected chi connectivity index (χ2v) is 8.77. The molecule has 0 radical (unpaired) electrons. The molecule has 0 fully saturated rings. The Morgan fingerprint density at radius 2 is 1.51 bits per heavy atom. The van der Waals surface area contributed by atoms with Gasteiger partial charge in [0.1, 0.15) is 17.1 Å². The van der Waals surface area contributed by atoms with E-state index in [2.05, 4.69) is 0 Å². The number of rotatable bonds is 3. The average Bonchev–Trinajstić information content (AvgIpc) is 3.32. The minimum absolute atomic E-state index is 0.0711. The number of aromatic hydroxyl groups is 2. The number of benzene rings is 4. The fraction of sp³-hybridized carbons (Fsp3) is 0.103. The molecule has 172 valence electrons. The van der Waals surface area contributed by atoms with Crippen LogP contribution in [-0.2, 0) is 7.05 Å². The van der Waals surface area contributed by atoms with Crippen LogP contribution in [0.25, 0.3) is 21.7 Å². The van der Waals surface area contributed by atoms with Gasteiger partial charge in [-0.1, -0.05) is 60.7 Å². The van der Waals surface area contributed by atoms with E-state index in [-0.39, 0.29) is 28.7 Å². The highest BCUT2D eigenvalue weighted by molar-refractivity contribution is 6.09. The van der Waals surface area contributed by atoms with Crippen LogP contribution in [0.1, 0.15) is 23.6 Å². The van der Waals surface area contributed by atoms with Gasteiger partial charge in [-0.15, -0.1) is 0 Å². The van der Waals surface area contributed by atoms with Crippen LogP contribution in [0, 0.1) is 0 Å². The molecule has 2 heterocycles. The number of aromatic nitrogens is 1. The molecule has 1 atom stereocenters. The SMILES string of the molecule is Cn1c(=O)c(C2=NN(c3ccccc3)C(c3c(O)ccc4ccccc34)C2)c(O)c2ccccc21. The maximum Gasteiger partial charge on any atom is 0.263 e. The fourth-order valence-electron chi connectivity index (χ4n) is 5.08. The molecule has 6 rings (SSSR count). The van der Waals surface area contributed by atoms with Gasteiger partial charge < -0.3 is 14.8 Å². The first-order valence-electron chi connectivity index (χ1n) is 11.5. The third kappa shape index (κ3) is 3.26. The lowest BCUT2D eigenvalue weighted by molar-refractivity contribution is 0.463. The summed E-state index contributed by atoms with van der Waals surface area (Å²) in [6.45, 7) is 0. The lowest BCUT2D eigenvalue weighted by atomic mass is 9.92. The lowest BCUT2D eigenvalue weighted by Crippen LogP contribution is -2.24. The molecule has 5 aromatic rings. The minimum Gasteiger partial charge on any atom is -0.508 e. The van der Waals surface area contributed by atoms with Crippen LogP contribution in [0.4, 0.5) is 5.69 Å². The third-order valence-corrected chi connectivity index (χ3v) is 6.78. The second-order valence-electron chi connectivity index (χ2n) is 8.77. The van der Waals surface area contributed by atoms with Crippen molar-refractivity contribution in [3.8, 4) is 11.5 Å². The topological polar surface area (TPSA) is 78.1 Å². The molecule has 6 nitrogen and oxygen atoms in total. The molecule has 0 spiro atoms. The number of nitrogens with zero attached hydrogens (tertiary/aromatic N) is 3.